The van der Waals surface area contributed by atoms with Gasteiger partial charge in [0.2, 0.25) is 5.91 Å². The molecule has 6 nitrogen and oxygen atoms in total. The van der Waals surface area contributed by atoms with Crippen molar-refractivity contribution in [1.82, 2.24) is 20.1 Å². The van der Waals surface area contributed by atoms with E-state index in [4.69, 9.17) is 17.0 Å². The zero-order valence-electron chi connectivity index (χ0n) is 16.0. The molecular weight excluding hydrogens is 416 g/mol. The summed E-state index contributed by atoms with van der Waals surface area (Å²) in [6, 6.07) is 18.6. The van der Waals surface area contributed by atoms with E-state index in [1.165, 1.54) is 0 Å². The van der Waals surface area contributed by atoms with Gasteiger partial charge in [-0.05, 0) is 42.7 Å². The van der Waals surface area contributed by atoms with Crippen LogP contribution in [0.2, 0.25) is 0 Å². The summed E-state index contributed by atoms with van der Waals surface area (Å²) in [5.74, 6) is 1.99. The van der Waals surface area contributed by atoms with E-state index in [0.717, 1.165) is 27.5 Å². The van der Waals surface area contributed by atoms with Crippen molar-refractivity contribution in [3.05, 3.63) is 81.9 Å². The number of nitrogens with one attached hydrogen (secondary N) is 2. The standard InChI is InChI=1S/C22H18N4O2S2/c1-13(26-20(24-25-22(26)29)18-11-6-12-30-18)21(27)23-19-14-7-2-4-9-16(14)28-17-10-5-3-8-15(17)19/h2-13,19H,1H3,(H,23,27)(H,25,29). The molecular formula is C22H18N4O2S2. The SMILES string of the molecule is CC(C(=O)NC1c2ccccc2Oc2ccccc21)n1c(-c2cccs2)n[nH]c1=S. The largest absolute Gasteiger partial charge is 0.457 e. The number of aromatic nitrogens is 3. The van der Waals surface area contributed by atoms with Crippen molar-refractivity contribution < 1.29 is 9.53 Å². The number of carbonyl (C=O) groups excluding carboxylic acids is 1. The third kappa shape index (κ3) is 3.14. The minimum Gasteiger partial charge on any atom is -0.457 e. The molecule has 8 heteroatoms. The van der Waals surface area contributed by atoms with Gasteiger partial charge in [-0.25, -0.2) is 0 Å². The molecule has 150 valence electrons. The molecule has 4 aromatic rings. The normalized spacial score (nSPS) is 13.8. The highest BCUT2D eigenvalue weighted by atomic mass is 32.1. The van der Waals surface area contributed by atoms with E-state index in [0.29, 0.717) is 10.6 Å². The van der Waals surface area contributed by atoms with Crippen LogP contribution in [0.4, 0.5) is 0 Å². The number of carbonyl (C=O) groups is 1. The van der Waals surface area contributed by atoms with Crippen LogP contribution in [0.15, 0.2) is 66.0 Å². The Balaban J connectivity index is 1.50. The van der Waals surface area contributed by atoms with Gasteiger partial charge in [-0.2, -0.15) is 5.10 Å². The molecule has 1 amide bonds. The van der Waals surface area contributed by atoms with Crippen molar-refractivity contribution in [3.63, 3.8) is 0 Å². The van der Waals surface area contributed by atoms with Crippen LogP contribution in [0.1, 0.15) is 30.1 Å². The molecule has 5 rings (SSSR count). The number of nitrogens with zero attached hydrogens (tertiary/aromatic N) is 2. The highest BCUT2D eigenvalue weighted by Gasteiger charge is 2.30. The summed E-state index contributed by atoms with van der Waals surface area (Å²) in [5.41, 5.74) is 1.84. The number of ether oxygens (including phenoxy) is 1. The van der Waals surface area contributed by atoms with Crippen LogP contribution in [-0.2, 0) is 4.79 Å². The number of rotatable bonds is 4. The summed E-state index contributed by atoms with van der Waals surface area (Å²) in [7, 11) is 0. The van der Waals surface area contributed by atoms with Crippen LogP contribution in [-0.4, -0.2) is 20.7 Å². The van der Waals surface area contributed by atoms with Gasteiger partial charge in [0.15, 0.2) is 10.6 Å². The fourth-order valence-electron chi connectivity index (χ4n) is 3.69. The van der Waals surface area contributed by atoms with Crippen LogP contribution in [0.5, 0.6) is 11.5 Å². The maximum absolute atomic E-state index is 13.3. The third-order valence-electron chi connectivity index (χ3n) is 5.18. The molecule has 1 unspecified atom stereocenters. The number of hydrogen-bond acceptors (Lipinski definition) is 5. The summed E-state index contributed by atoms with van der Waals surface area (Å²) in [4.78, 5) is 14.3. The van der Waals surface area contributed by atoms with Gasteiger partial charge >= 0.3 is 0 Å². The number of para-hydroxylation sites is 2. The first-order valence-corrected chi connectivity index (χ1v) is 10.8. The number of aromatic amines is 1. The first-order chi connectivity index (χ1) is 14.6. The van der Waals surface area contributed by atoms with E-state index < -0.39 is 6.04 Å². The molecule has 0 radical (unpaired) electrons. The summed E-state index contributed by atoms with van der Waals surface area (Å²) in [5, 5.41) is 12.3. The van der Waals surface area contributed by atoms with Crippen molar-refractivity contribution in [1.29, 1.82) is 0 Å². The lowest BCUT2D eigenvalue weighted by molar-refractivity contribution is -0.124. The zero-order valence-corrected chi connectivity index (χ0v) is 17.7. The molecule has 1 aliphatic heterocycles. The lowest BCUT2D eigenvalue weighted by atomic mass is 9.94. The van der Waals surface area contributed by atoms with Gasteiger partial charge in [0, 0.05) is 11.1 Å². The van der Waals surface area contributed by atoms with Gasteiger partial charge in [-0.15, -0.1) is 11.3 Å². The van der Waals surface area contributed by atoms with E-state index in [1.54, 1.807) is 15.9 Å². The molecule has 0 aliphatic carbocycles. The van der Waals surface area contributed by atoms with Crippen LogP contribution < -0.4 is 10.1 Å². The Morgan fingerprint density at radius 3 is 2.43 bits per heavy atom. The fraction of sp³-hybridized carbons (Fsp3) is 0.136. The molecule has 1 atom stereocenters. The maximum Gasteiger partial charge on any atom is 0.243 e. The quantitative estimate of drug-likeness (QED) is 0.431. The topological polar surface area (TPSA) is 71.9 Å². The predicted molar refractivity (Wildman–Crippen MR) is 118 cm³/mol. The smallest absolute Gasteiger partial charge is 0.243 e. The number of thiophene rings is 1. The van der Waals surface area contributed by atoms with Crippen molar-refractivity contribution in [2.45, 2.75) is 19.0 Å². The van der Waals surface area contributed by atoms with Crippen molar-refractivity contribution in [3.8, 4) is 22.2 Å². The van der Waals surface area contributed by atoms with E-state index in [1.807, 2.05) is 73.0 Å². The minimum absolute atomic E-state index is 0.151. The van der Waals surface area contributed by atoms with Gasteiger partial charge in [0.1, 0.15) is 17.5 Å². The van der Waals surface area contributed by atoms with Crippen molar-refractivity contribution >= 4 is 29.5 Å². The number of H-pyrrole nitrogens is 1. The average molecular weight is 435 g/mol. The highest BCUT2D eigenvalue weighted by molar-refractivity contribution is 7.71. The Hall–Kier alpha value is -3.23. The molecule has 1 aliphatic rings. The molecule has 2 aromatic carbocycles. The van der Waals surface area contributed by atoms with Crippen LogP contribution in [0, 0.1) is 4.77 Å². The zero-order chi connectivity index (χ0) is 20.7. The fourth-order valence-corrected chi connectivity index (χ4v) is 4.69. The molecule has 0 spiro atoms. The van der Waals surface area contributed by atoms with E-state index in [-0.39, 0.29) is 11.9 Å². The first-order valence-electron chi connectivity index (χ1n) is 9.50. The maximum atomic E-state index is 13.3. The summed E-state index contributed by atoms with van der Waals surface area (Å²) in [6.45, 7) is 1.83. The van der Waals surface area contributed by atoms with Gasteiger partial charge in [0.25, 0.3) is 0 Å². The van der Waals surface area contributed by atoms with Crippen LogP contribution >= 0.6 is 23.6 Å². The molecule has 3 heterocycles. The Kier molecular flexibility index (Phi) is 4.72. The van der Waals surface area contributed by atoms with Gasteiger partial charge in [-0.3, -0.25) is 14.5 Å². The average Bonchev–Trinajstić information content (AvgIpc) is 3.42. The lowest BCUT2D eigenvalue weighted by Crippen LogP contribution is -2.36. The second kappa shape index (κ2) is 7.55. The van der Waals surface area contributed by atoms with Crippen LogP contribution in [0.25, 0.3) is 10.7 Å². The minimum atomic E-state index is -0.546. The number of benzene rings is 2. The van der Waals surface area contributed by atoms with Gasteiger partial charge in [0.05, 0.1) is 10.9 Å². The molecule has 30 heavy (non-hydrogen) atoms. The van der Waals surface area contributed by atoms with E-state index in [2.05, 4.69) is 15.5 Å². The second-order valence-corrected chi connectivity index (χ2v) is 8.33. The van der Waals surface area contributed by atoms with Crippen molar-refractivity contribution in [2.75, 3.05) is 0 Å². The Bertz CT molecular complexity index is 1230. The first kappa shape index (κ1) is 18.8. The summed E-state index contributed by atoms with van der Waals surface area (Å²) < 4.78 is 8.19. The van der Waals surface area contributed by atoms with Gasteiger partial charge in [-0.1, -0.05) is 42.5 Å². The molecule has 2 aromatic heterocycles. The Morgan fingerprint density at radius 1 is 1.13 bits per heavy atom. The monoisotopic (exact) mass is 434 g/mol. The Labute approximate surface area is 182 Å². The van der Waals surface area contributed by atoms with Gasteiger partial charge < -0.3 is 10.1 Å². The number of amides is 1. The molecule has 0 bridgehead atoms. The molecule has 2 N–H and O–H groups in total. The third-order valence-corrected chi connectivity index (χ3v) is 6.33. The number of fused-ring (bicyclic) bond motifs is 2. The molecule has 0 saturated heterocycles. The lowest BCUT2D eigenvalue weighted by Gasteiger charge is -2.29. The Morgan fingerprint density at radius 2 is 1.80 bits per heavy atom. The summed E-state index contributed by atoms with van der Waals surface area (Å²) in [6.07, 6.45) is 0. The molecule has 0 saturated carbocycles. The number of hydrogen-bond donors (Lipinski definition) is 2. The van der Waals surface area contributed by atoms with Crippen molar-refractivity contribution in [2.24, 2.45) is 0 Å². The highest BCUT2D eigenvalue weighted by Crippen LogP contribution is 2.42. The van der Waals surface area contributed by atoms with E-state index >= 15 is 0 Å². The summed E-state index contributed by atoms with van der Waals surface area (Å²) >= 11 is 6.97. The second-order valence-electron chi connectivity index (χ2n) is 6.99. The van der Waals surface area contributed by atoms with E-state index in [9.17, 15) is 4.79 Å². The molecule has 0 fully saturated rings. The predicted octanol–water partition coefficient (Wildman–Crippen LogP) is 5.24. The van der Waals surface area contributed by atoms with Crippen LogP contribution in [0.3, 0.4) is 0 Å².